The van der Waals surface area contributed by atoms with Crippen molar-refractivity contribution < 1.29 is 28.6 Å². The molecule has 1 amide bonds. The predicted octanol–water partition coefficient (Wildman–Crippen LogP) is 5.47. The largest absolute Gasteiger partial charge is 0.507 e. The maximum atomic E-state index is 13.8. The van der Waals surface area contributed by atoms with E-state index < -0.39 is 23.5 Å². The number of hydrogen-bond acceptors (Lipinski definition) is 7. The van der Waals surface area contributed by atoms with Crippen molar-refractivity contribution in [3.63, 3.8) is 0 Å². The zero-order valence-electron chi connectivity index (χ0n) is 19.4. The molecule has 0 unspecified atom stereocenters. The van der Waals surface area contributed by atoms with Gasteiger partial charge in [-0.05, 0) is 67.1 Å². The molecule has 1 aliphatic heterocycles. The molecular weight excluding hydrogens is 483 g/mol. The first kappa shape index (κ1) is 23.5. The molecule has 1 atom stereocenters. The number of halogens is 1. The summed E-state index contributed by atoms with van der Waals surface area (Å²) in [7, 11) is 1.51. The molecule has 0 radical (unpaired) electrons. The lowest BCUT2D eigenvalue weighted by Gasteiger charge is -2.23. The Balaban J connectivity index is 1.69. The number of nitrogens with zero attached hydrogens (tertiary/aromatic N) is 2. The second kappa shape index (κ2) is 9.43. The van der Waals surface area contributed by atoms with Gasteiger partial charge >= 0.3 is 5.91 Å². The highest BCUT2D eigenvalue weighted by atomic mass is 32.1. The van der Waals surface area contributed by atoms with Gasteiger partial charge in [-0.15, -0.1) is 0 Å². The minimum atomic E-state index is -0.975. The molecule has 3 aromatic carbocycles. The first-order valence-electron chi connectivity index (χ1n) is 11.2. The molecule has 0 bridgehead atoms. The van der Waals surface area contributed by atoms with Crippen LogP contribution in [0.15, 0.2) is 72.3 Å². The second-order valence-electron chi connectivity index (χ2n) is 8.01. The van der Waals surface area contributed by atoms with Gasteiger partial charge in [-0.25, -0.2) is 9.37 Å². The zero-order chi connectivity index (χ0) is 25.4. The summed E-state index contributed by atoms with van der Waals surface area (Å²) in [6.07, 6.45) is 0. The molecule has 1 saturated heterocycles. The molecule has 5 rings (SSSR count). The smallest absolute Gasteiger partial charge is 0.301 e. The molecule has 1 aliphatic rings. The van der Waals surface area contributed by atoms with E-state index in [1.165, 1.54) is 30.2 Å². The van der Waals surface area contributed by atoms with E-state index in [0.717, 1.165) is 11.3 Å². The number of aliphatic hydroxyl groups is 1. The number of anilines is 1. The quantitative estimate of drug-likeness (QED) is 0.213. The van der Waals surface area contributed by atoms with Crippen LogP contribution in [0.5, 0.6) is 11.5 Å². The lowest BCUT2D eigenvalue weighted by Crippen LogP contribution is -2.29. The predicted molar refractivity (Wildman–Crippen MR) is 135 cm³/mol. The molecule has 2 heterocycles. The molecular formula is C27H21FN2O5S. The summed E-state index contributed by atoms with van der Waals surface area (Å²) in [4.78, 5) is 32.4. The average molecular weight is 505 g/mol. The first-order chi connectivity index (χ1) is 17.4. The minimum absolute atomic E-state index is 0.0807. The topological polar surface area (TPSA) is 89.0 Å². The lowest BCUT2D eigenvalue weighted by atomic mass is 9.95. The van der Waals surface area contributed by atoms with E-state index in [2.05, 4.69) is 4.98 Å². The fourth-order valence-corrected chi connectivity index (χ4v) is 5.19. The standard InChI is InChI=1S/C27H21FN2O5S/c1-3-35-18-10-7-15(8-11-18)24(31)22-23(16-5-4-6-19(13-16)34-2)30(26(33)25(22)32)27-29-20-12-9-17(28)14-21(20)36-27/h4-14,23,31H,3H2,1-2H3/b24-22+/t23-/m1/s1. The van der Waals surface area contributed by atoms with Gasteiger partial charge < -0.3 is 14.6 Å². The molecule has 1 fully saturated rings. The van der Waals surface area contributed by atoms with Crippen molar-refractivity contribution >= 4 is 44.1 Å². The number of benzene rings is 3. The maximum absolute atomic E-state index is 13.8. The van der Waals surface area contributed by atoms with Gasteiger partial charge in [-0.3, -0.25) is 14.5 Å². The van der Waals surface area contributed by atoms with E-state index in [-0.39, 0.29) is 16.5 Å². The number of carbonyl (C=O) groups excluding carboxylic acids is 2. The van der Waals surface area contributed by atoms with Crippen molar-refractivity contribution in [1.82, 2.24) is 4.98 Å². The van der Waals surface area contributed by atoms with Crippen LogP contribution in [0.3, 0.4) is 0 Å². The molecule has 9 heteroatoms. The molecule has 1 aromatic heterocycles. The van der Waals surface area contributed by atoms with Crippen LogP contribution in [-0.2, 0) is 9.59 Å². The Kier molecular flexibility index (Phi) is 6.15. The van der Waals surface area contributed by atoms with Crippen LogP contribution >= 0.6 is 11.3 Å². The molecule has 1 N–H and O–H groups in total. The van der Waals surface area contributed by atoms with Gasteiger partial charge in [-0.2, -0.15) is 0 Å². The molecule has 182 valence electrons. The normalized spacial score (nSPS) is 17.1. The van der Waals surface area contributed by atoms with Gasteiger partial charge in [0.2, 0.25) is 0 Å². The SMILES string of the molecule is CCOc1ccc(/C(O)=C2\C(=O)C(=O)N(c3nc4ccc(F)cc4s3)[C@@H]2c2cccc(OC)c2)cc1. The number of carbonyl (C=O) groups is 2. The van der Waals surface area contributed by atoms with E-state index in [0.29, 0.717) is 39.4 Å². The third-order valence-corrected chi connectivity index (χ3v) is 6.86. The summed E-state index contributed by atoms with van der Waals surface area (Å²) in [5.74, 6) is -1.31. The van der Waals surface area contributed by atoms with Crippen LogP contribution in [0.2, 0.25) is 0 Å². The first-order valence-corrected chi connectivity index (χ1v) is 12.0. The van der Waals surface area contributed by atoms with Crippen molar-refractivity contribution in [2.45, 2.75) is 13.0 Å². The highest BCUT2D eigenvalue weighted by molar-refractivity contribution is 7.22. The Bertz CT molecular complexity index is 1510. The monoisotopic (exact) mass is 504 g/mol. The van der Waals surface area contributed by atoms with Crippen molar-refractivity contribution in [1.29, 1.82) is 0 Å². The summed E-state index contributed by atoms with van der Waals surface area (Å²) in [5, 5.41) is 11.5. The summed E-state index contributed by atoms with van der Waals surface area (Å²) < 4.78 is 25.1. The number of fused-ring (bicyclic) bond motifs is 1. The summed E-state index contributed by atoms with van der Waals surface area (Å²) in [6, 6.07) is 16.7. The summed E-state index contributed by atoms with van der Waals surface area (Å²) >= 11 is 1.09. The Labute approximate surface area is 210 Å². The summed E-state index contributed by atoms with van der Waals surface area (Å²) in [6.45, 7) is 2.35. The fraction of sp³-hybridized carbons (Fsp3) is 0.148. The molecule has 7 nitrogen and oxygen atoms in total. The van der Waals surface area contributed by atoms with Crippen molar-refractivity contribution in [2.75, 3.05) is 18.6 Å². The highest BCUT2D eigenvalue weighted by Gasteiger charge is 2.48. The van der Waals surface area contributed by atoms with E-state index in [9.17, 15) is 19.1 Å². The Morgan fingerprint density at radius 2 is 1.86 bits per heavy atom. The molecule has 36 heavy (non-hydrogen) atoms. The number of amides is 1. The third kappa shape index (κ3) is 4.07. The number of ketones is 1. The van der Waals surface area contributed by atoms with Gasteiger partial charge in [-0.1, -0.05) is 23.5 Å². The molecule has 4 aromatic rings. The molecule has 0 spiro atoms. The molecule has 0 saturated carbocycles. The van der Waals surface area contributed by atoms with E-state index in [1.54, 1.807) is 48.5 Å². The third-order valence-electron chi connectivity index (χ3n) is 5.84. The minimum Gasteiger partial charge on any atom is -0.507 e. The average Bonchev–Trinajstić information content (AvgIpc) is 3.42. The summed E-state index contributed by atoms with van der Waals surface area (Å²) in [5.41, 5.74) is 1.32. The number of ether oxygens (including phenoxy) is 2. The highest BCUT2D eigenvalue weighted by Crippen LogP contribution is 2.45. The van der Waals surface area contributed by atoms with Crippen LogP contribution in [0.1, 0.15) is 24.1 Å². The van der Waals surface area contributed by atoms with Gasteiger partial charge in [0.05, 0.1) is 35.5 Å². The number of hydrogen-bond donors (Lipinski definition) is 1. The van der Waals surface area contributed by atoms with Gasteiger partial charge in [0.25, 0.3) is 5.78 Å². The van der Waals surface area contributed by atoms with Crippen LogP contribution in [-0.4, -0.2) is 35.5 Å². The van der Waals surface area contributed by atoms with E-state index >= 15 is 0 Å². The molecule has 0 aliphatic carbocycles. The number of thiazole rings is 1. The van der Waals surface area contributed by atoms with E-state index in [4.69, 9.17) is 9.47 Å². The van der Waals surface area contributed by atoms with Crippen LogP contribution in [0, 0.1) is 5.82 Å². The number of rotatable bonds is 6. The van der Waals surface area contributed by atoms with Crippen LogP contribution < -0.4 is 14.4 Å². The Morgan fingerprint density at radius 1 is 1.08 bits per heavy atom. The Hall–Kier alpha value is -4.24. The van der Waals surface area contributed by atoms with Gasteiger partial charge in [0.1, 0.15) is 23.1 Å². The van der Waals surface area contributed by atoms with Crippen molar-refractivity contribution in [3.05, 3.63) is 89.2 Å². The van der Waals surface area contributed by atoms with Gasteiger partial charge in [0, 0.05) is 5.56 Å². The number of aromatic nitrogens is 1. The number of aliphatic hydroxyl groups excluding tert-OH is 1. The van der Waals surface area contributed by atoms with Crippen LogP contribution in [0.4, 0.5) is 9.52 Å². The number of Topliss-reactive ketones (excluding diaryl/α,β-unsaturated/α-hetero) is 1. The second-order valence-corrected chi connectivity index (χ2v) is 9.02. The van der Waals surface area contributed by atoms with E-state index in [1.807, 2.05) is 6.92 Å². The van der Waals surface area contributed by atoms with Gasteiger partial charge in [0.15, 0.2) is 5.13 Å². The fourth-order valence-electron chi connectivity index (χ4n) is 4.18. The van der Waals surface area contributed by atoms with Crippen molar-refractivity contribution in [2.24, 2.45) is 0 Å². The van der Waals surface area contributed by atoms with Crippen LogP contribution in [0.25, 0.3) is 16.0 Å². The lowest BCUT2D eigenvalue weighted by molar-refractivity contribution is -0.132. The Morgan fingerprint density at radius 3 is 2.58 bits per heavy atom. The maximum Gasteiger partial charge on any atom is 0.301 e. The van der Waals surface area contributed by atoms with Crippen molar-refractivity contribution in [3.8, 4) is 11.5 Å². The zero-order valence-corrected chi connectivity index (χ0v) is 20.2. The number of methoxy groups -OCH3 is 1.